The summed E-state index contributed by atoms with van der Waals surface area (Å²) < 4.78 is 16.2. The maximum absolute atomic E-state index is 11.9. The maximum atomic E-state index is 11.9. The molecular formula is C15H17ClO4. The van der Waals surface area contributed by atoms with E-state index in [1.54, 1.807) is 12.1 Å². The van der Waals surface area contributed by atoms with Crippen molar-refractivity contribution in [3.8, 4) is 11.5 Å². The molecule has 0 amide bonds. The summed E-state index contributed by atoms with van der Waals surface area (Å²) in [5, 5.41) is 0.362. The molecule has 0 bridgehead atoms. The van der Waals surface area contributed by atoms with Gasteiger partial charge in [-0.15, -0.1) is 0 Å². The van der Waals surface area contributed by atoms with Crippen molar-refractivity contribution in [1.82, 2.24) is 0 Å². The lowest BCUT2D eigenvalue weighted by Crippen LogP contribution is -2.06. The molecule has 0 aliphatic carbocycles. The monoisotopic (exact) mass is 296 g/mol. The fraction of sp³-hybridized carbons (Fsp3) is 0.400. The smallest absolute Gasteiger partial charge is 0.338 e. The van der Waals surface area contributed by atoms with Crippen LogP contribution in [0.1, 0.15) is 30.1 Å². The molecule has 1 aromatic rings. The van der Waals surface area contributed by atoms with E-state index in [0.29, 0.717) is 35.3 Å². The normalized spacial score (nSPS) is 14.1. The Morgan fingerprint density at radius 1 is 1.35 bits per heavy atom. The molecule has 20 heavy (non-hydrogen) atoms. The van der Waals surface area contributed by atoms with Gasteiger partial charge in [0.05, 0.1) is 23.8 Å². The van der Waals surface area contributed by atoms with E-state index < -0.39 is 5.97 Å². The van der Waals surface area contributed by atoms with E-state index in [-0.39, 0.29) is 6.61 Å². The number of ether oxygens (including phenoxy) is 3. The van der Waals surface area contributed by atoms with Gasteiger partial charge in [-0.05, 0) is 18.6 Å². The number of halogens is 1. The molecular weight excluding hydrogens is 280 g/mol. The van der Waals surface area contributed by atoms with Crippen LogP contribution in [0, 0.1) is 0 Å². The van der Waals surface area contributed by atoms with Gasteiger partial charge in [-0.25, -0.2) is 4.79 Å². The van der Waals surface area contributed by atoms with Crippen LogP contribution in [0.15, 0.2) is 24.3 Å². The Morgan fingerprint density at radius 2 is 2.15 bits per heavy atom. The number of benzene rings is 1. The summed E-state index contributed by atoms with van der Waals surface area (Å²) >= 11 is 6.12. The first-order chi connectivity index (χ1) is 9.72. The number of hydrogen-bond donors (Lipinski definition) is 0. The first kappa shape index (κ1) is 14.7. The third kappa shape index (κ3) is 3.67. The zero-order valence-electron chi connectivity index (χ0n) is 11.4. The SMILES string of the molecule is CC/C=C/COC(=O)c1cc(Cl)c2c(c1)OCCCO2. The molecule has 4 nitrogen and oxygen atoms in total. The van der Waals surface area contributed by atoms with Gasteiger partial charge in [0.15, 0.2) is 11.5 Å². The lowest BCUT2D eigenvalue weighted by Gasteiger charge is -2.11. The van der Waals surface area contributed by atoms with Crippen molar-refractivity contribution in [2.75, 3.05) is 19.8 Å². The minimum Gasteiger partial charge on any atom is -0.489 e. The summed E-state index contributed by atoms with van der Waals surface area (Å²) in [5.41, 5.74) is 0.365. The number of esters is 1. The quantitative estimate of drug-likeness (QED) is 0.629. The molecule has 0 saturated heterocycles. The Bertz CT molecular complexity index is 511. The molecule has 0 fully saturated rings. The second-order valence-electron chi connectivity index (χ2n) is 4.31. The Balaban J connectivity index is 2.12. The number of carbonyl (C=O) groups excluding carboxylic acids is 1. The largest absolute Gasteiger partial charge is 0.489 e. The number of allylic oxidation sites excluding steroid dienone is 1. The summed E-state index contributed by atoms with van der Waals surface area (Å²) in [5.74, 6) is 0.556. The highest BCUT2D eigenvalue weighted by atomic mass is 35.5. The molecule has 0 saturated carbocycles. The fourth-order valence-corrected chi connectivity index (χ4v) is 2.06. The Hall–Kier alpha value is -1.68. The Labute approximate surface area is 123 Å². The summed E-state index contributed by atoms with van der Waals surface area (Å²) in [6.45, 7) is 3.36. The van der Waals surface area contributed by atoms with Gasteiger partial charge in [0, 0.05) is 6.42 Å². The second kappa shape index (κ2) is 7.20. The van der Waals surface area contributed by atoms with Crippen molar-refractivity contribution >= 4 is 17.6 Å². The van der Waals surface area contributed by atoms with E-state index in [1.165, 1.54) is 0 Å². The number of rotatable bonds is 4. The predicted molar refractivity (Wildman–Crippen MR) is 76.8 cm³/mol. The van der Waals surface area contributed by atoms with Crippen LogP contribution in [0.2, 0.25) is 5.02 Å². The van der Waals surface area contributed by atoms with Crippen LogP contribution >= 0.6 is 11.6 Å². The second-order valence-corrected chi connectivity index (χ2v) is 4.72. The van der Waals surface area contributed by atoms with Crippen molar-refractivity contribution in [2.24, 2.45) is 0 Å². The van der Waals surface area contributed by atoms with Crippen LogP contribution in [0.4, 0.5) is 0 Å². The topological polar surface area (TPSA) is 44.8 Å². The summed E-state index contributed by atoms with van der Waals surface area (Å²) in [7, 11) is 0. The van der Waals surface area contributed by atoms with Crippen LogP contribution in [0.3, 0.4) is 0 Å². The van der Waals surface area contributed by atoms with Gasteiger partial charge >= 0.3 is 5.97 Å². The maximum Gasteiger partial charge on any atom is 0.338 e. The van der Waals surface area contributed by atoms with Crippen molar-refractivity contribution < 1.29 is 19.0 Å². The molecule has 0 N–H and O–H groups in total. The van der Waals surface area contributed by atoms with Gasteiger partial charge in [0.25, 0.3) is 0 Å². The highest BCUT2D eigenvalue weighted by Gasteiger charge is 2.18. The number of carbonyl (C=O) groups is 1. The van der Waals surface area contributed by atoms with Crippen molar-refractivity contribution in [3.63, 3.8) is 0 Å². The summed E-state index contributed by atoms with van der Waals surface area (Å²) in [6.07, 6.45) is 5.44. The Morgan fingerprint density at radius 3 is 2.95 bits per heavy atom. The highest BCUT2D eigenvalue weighted by molar-refractivity contribution is 6.32. The molecule has 108 valence electrons. The molecule has 5 heteroatoms. The summed E-state index contributed by atoms with van der Waals surface area (Å²) in [4.78, 5) is 11.9. The van der Waals surface area contributed by atoms with Crippen LogP contribution in [-0.4, -0.2) is 25.8 Å². The van der Waals surface area contributed by atoms with Crippen LogP contribution in [0.5, 0.6) is 11.5 Å². The fourth-order valence-electron chi connectivity index (χ4n) is 1.79. The standard InChI is InChI=1S/C15H17ClO4/c1-2-3-4-6-20-15(17)11-9-12(16)14-13(10-11)18-7-5-8-19-14/h3-4,9-10H,2,5-8H2,1H3/b4-3+. The molecule has 0 atom stereocenters. The van der Waals surface area contributed by atoms with Crippen LogP contribution < -0.4 is 9.47 Å². The summed E-state index contributed by atoms with van der Waals surface area (Å²) in [6, 6.07) is 3.15. The molecule has 0 radical (unpaired) electrons. The van der Waals surface area contributed by atoms with Gasteiger partial charge in [-0.1, -0.05) is 30.7 Å². The lowest BCUT2D eigenvalue weighted by molar-refractivity contribution is 0.0549. The molecule has 1 aromatic carbocycles. The molecule has 0 spiro atoms. The molecule has 2 rings (SSSR count). The highest BCUT2D eigenvalue weighted by Crippen LogP contribution is 2.38. The van der Waals surface area contributed by atoms with Crippen molar-refractivity contribution in [1.29, 1.82) is 0 Å². The third-order valence-electron chi connectivity index (χ3n) is 2.75. The predicted octanol–water partition coefficient (Wildman–Crippen LogP) is 3.62. The molecule has 1 heterocycles. The lowest BCUT2D eigenvalue weighted by atomic mass is 10.2. The van der Waals surface area contributed by atoms with E-state index in [1.807, 2.05) is 19.1 Å². The average molecular weight is 297 g/mol. The van der Waals surface area contributed by atoms with E-state index in [2.05, 4.69) is 0 Å². The van der Waals surface area contributed by atoms with E-state index in [4.69, 9.17) is 25.8 Å². The van der Waals surface area contributed by atoms with Crippen molar-refractivity contribution in [2.45, 2.75) is 19.8 Å². The van der Waals surface area contributed by atoms with Gasteiger partial charge in [0.2, 0.25) is 0 Å². The first-order valence-electron chi connectivity index (χ1n) is 6.63. The Kier molecular flexibility index (Phi) is 5.30. The molecule has 0 unspecified atom stereocenters. The minimum atomic E-state index is -0.427. The molecule has 1 aliphatic rings. The zero-order chi connectivity index (χ0) is 14.4. The molecule has 0 aromatic heterocycles. The number of fused-ring (bicyclic) bond motifs is 1. The van der Waals surface area contributed by atoms with Gasteiger partial charge < -0.3 is 14.2 Å². The van der Waals surface area contributed by atoms with Crippen molar-refractivity contribution in [3.05, 3.63) is 34.9 Å². The average Bonchev–Trinajstić information content (AvgIpc) is 2.69. The third-order valence-corrected chi connectivity index (χ3v) is 3.03. The van der Waals surface area contributed by atoms with E-state index >= 15 is 0 Å². The van der Waals surface area contributed by atoms with Gasteiger partial charge in [0.1, 0.15) is 6.61 Å². The molecule has 1 aliphatic heterocycles. The zero-order valence-corrected chi connectivity index (χ0v) is 12.1. The van der Waals surface area contributed by atoms with Crippen LogP contribution in [-0.2, 0) is 4.74 Å². The van der Waals surface area contributed by atoms with Gasteiger partial charge in [-0.3, -0.25) is 0 Å². The van der Waals surface area contributed by atoms with Crippen LogP contribution in [0.25, 0.3) is 0 Å². The van der Waals surface area contributed by atoms with E-state index in [9.17, 15) is 4.79 Å². The number of hydrogen-bond acceptors (Lipinski definition) is 4. The minimum absolute atomic E-state index is 0.249. The van der Waals surface area contributed by atoms with Gasteiger partial charge in [-0.2, -0.15) is 0 Å². The first-order valence-corrected chi connectivity index (χ1v) is 7.01. The van der Waals surface area contributed by atoms with E-state index in [0.717, 1.165) is 12.8 Å².